The monoisotopic (exact) mass is 660 g/mol. The van der Waals surface area contributed by atoms with Gasteiger partial charge in [0.1, 0.15) is 18.5 Å². The van der Waals surface area contributed by atoms with Crippen molar-refractivity contribution >= 4 is 52.0 Å². The van der Waals surface area contributed by atoms with Crippen molar-refractivity contribution in [1.82, 2.24) is 4.57 Å². The van der Waals surface area contributed by atoms with E-state index in [9.17, 15) is 14.0 Å². The van der Waals surface area contributed by atoms with Crippen molar-refractivity contribution in [3.63, 3.8) is 0 Å². The van der Waals surface area contributed by atoms with E-state index >= 15 is 0 Å². The van der Waals surface area contributed by atoms with Gasteiger partial charge in [-0.2, -0.15) is 0 Å². The molecule has 228 valence electrons. The van der Waals surface area contributed by atoms with E-state index in [1.165, 1.54) is 35.8 Å². The first-order valence-electron chi connectivity index (χ1n) is 13.9. The topological polar surface area (TPSA) is 79.1 Å². The molecule has 0 aliphatic carbocycles. The molecule has 0 saturated heterocycles. The number of methoxy groups -OCH3 is 1. The van der Waals surface area contributed by atoms with Gasteiger partial charge in [-0.05, 0) is 48.2 Å². The summed E-state index contributed by atoms with van der Waals surface area (Å²) in [4.78, 5) is 33.7. The predicted molar refractivity (Wildman–Crippen MR) is 174 cm³/mol. The van der Waals surface area contributed by atoms with Gasteiger partial charge in [0.15, 0.2) is 16.3 Å². The molecule has 0 unspecified atom stereocenters. The summed E-state index contributed by atoms with van der Waals surface area (Å²) in [5.41, 5.74) is 2.13. The van der Waals surface area contributed by atoms with E-state index in [1.54, 1.807) is 47.9 Å². The number of ether oxygens (including phenoxy) is 3. The molecule has 1 atom stereocenters. The van der Waals surface area contributed by atoms with E-state index in [0.717, 1.165) is 10.4 Å². The van der Waals surface area contributed by atoms with Crippen LogP contribution in [0.4, 0.5) is 4.39 Å². The molecular formula is C34H26ClFN2O5S2. The lowest BCUT2D eigenvalue weighted by Crippen LogP contribution is -2.39. The van der Waals surface area contributed by atoms with Gasteiger partial charge in [0.2, 0.25) is 0 Å². The summed E-state index contributed by atoms with van der Waals surface area (Å²) in [6.07, 6.45) is 1.70. The molecule has 0 saturated carbocycles. The maximum Gasteiger partial charge on any atom is 0.338 e. The molecule has 0 spiro atoms. The smallest absolute Gasteiger partial charge is 0.338 e. The Morgan fingerprint density at radius 1 is 1.09 bits per heavy atom. The van der Waals surface area contributed by atoms with Crippen molar-refractivity contribution < 1.29 is 23.4 Å². The number of thiazole rings is 1. The number of hydrogen-bond acceptors (Lipinski definition) is 8. The van der Waals surface area contributed by atoms with Crippen LogP contribution in [0.25, 0.3) is 11.8 Å². The van der Waals surface area contributed by atoms with Crippen LogP contribution in [0, 0.1) is 5.82 Å². The average Bonchev–Trinajstić information content (AvgIpc) is 3.69. The van der Waals surface area contributed by atoms with Crippen LogP contribution in [0.5, 0.6) is 11.5 Å². The van der Waals surface area contributed by atoms with E-state index in [2.05, 4.69) is 0 Å². The van der Waals surface area contributed by atoms with Gasteiger partial charge in [0, 0.05) is 16.0 Å². The second-order valence-corrected chi connectivity index (χ2v) is 12.3. The summed E-state index contributed by atoms with van der Waals surface area (Å²) in [6.45, 7) is 1.87. The lowest BCUT2D eigenvalue weighted by Gasteiger charge is -2.24. The molecule has 6 rings (SSSR count). The Balaban J connectivity index is 1.47. The van der Waals surface area contributed by atoms with Crippen LogP contribution in [0.15, 0.2) is 99.6 Å². The Kier molecular flexibility index (Phi) is 8.97. The number of aromatic nitrogens is 1. The second kappa shape index (κ2) is 13.2. The van der Waals surface area contributed by atoms with E-state index in [4.69, 9.17) is 30.8 Å². The van der Waals surface area contributed by atoms with Gasteiger partial charge < -0.3 is 14.2 Å². The van der Waals surface area contributed by atoms with Crippen molar-refractivity contribution in [3.8, 4) is 11.5 Å². The average molecular weight is 661 g/mol. The summed E-state index contributed by atoms with van der Waals surface area (Å²) in [5, 5.41) is 2.14. The number of fused-ring (bicyclic) bond motifs is 1. The third-order valence-corrected chi connectivity index (χ3v) is 9.25. The Bertz CT molecular complexity index is 2090. The van der Waals surface area contributed by atoms with Gasteiger partial charge in [-0.1, -0.05) is 77.5 Å². The SMILES string of the molecule is CCOC(=O)C1=C(c2ccccc2)N=c2s/c(=C\c3cc(Cl)c(OCc4ccccc4F)c(OC)c3)c(=O)n2[C@H]1c1cccs1. The first kappa shape index (κ1) is 30.5. The van der Waals surface area contributed by atoms with Crippen LogP contribution in [0.1, 0.15) is 34.5 Å². The fraction of sp³-hybridized carbons (Fsp3) is 0.147. The van der Waals surface area contributed by atoms with Gasteiger partial charge in [0.05, 0.1) is 34.5 Å². The van der Waals surface area contributed by atoms with Crippen molar-refractivity contribution in [2.24, 2.45) is 4.99 Å². The first-order valence-corrected chi connectivity index (χ1v) is 16.0. The molecule has 0 amide bonds. The summed E-state index contributed by atoms with van der Waals surface area (Å²) >= 11 is 9.26. The third kappa shape index (κ3) is 6.09. The lowest BCUT2D eigenvalue weighted by atomic mass is 9.97. The van der Waals surface area contributed by atoms with Crippen LogP contribution in [-0.2, 0) is 16.1 Å². The maximum atomic E-state index is 14.1. The zero-order valence-electron chi connectivity index (χ0n) is 24.2. The first-order chi connectivity index (χ1) is 21.9. The molecule has 2 aromatic heterocycles. The minimum atomic E-state index is -0.732. The molecular weight excluding hydrogens is 635 g/mol. The molecule has 45 heavy (non-hydrogen) atoms. The Morgan fingerprint density at radius 3 is 2.58 bits per heavy atom. The standard InChI is InChI=1S/C34H26ClFN2O5S2/c1-3-42-33(40)28-29(21-10-5-4-6-11-21)37-34-38(30(28)26-14-9-15-44-26)32(39)27(45-34)18-20-16-23(35)31(25(17-20)41-2)43-19-22-12-7-8-13-24(22)36/h4-18,30H,3,19H2,1-2H3/b27-18-/t30-/m0/s1. The summed E-state index contributed by atoms with van der Waals surface area (Å²) in [7, 11) is 1.47. The number of rotatable bonds is 9. The predicted octanol–water partition coefficient (Wildman–Crippen LogP) is 6.38. The molecule has 0 N–H and O–H groups in total. The van der Waals surface area contributed by atoms with E-state index in [1.807, 2.05) is 47.8 Å². The number of carbonyl (C=O) groups is 1. The number of benzene rings is 3. The lowest BCUT2D eigenvalue weighted by molar-refractivity contribution is -0.138. The summed E-state index contributed by atoms with van der Waals surface area (Å²) in [5.74, 6) is -0.340. The summed E-state index contributed by atoms with van der Waals surface area (Å²) in [6, 6.07) is 22.1. The number of hydrogen-bond donors (Lipinski definition) is 0. The van der Waals surface area contributed by atoms with Crippen LogP contribution in [0.3, 0.4) is 0 Å². The molecule has 0 bridgehead atoms. The molecule has 1 aliphatic heterocycles. The molecule has 11 heteroatoms. The van der Waals surface area contributed by atoms with E-state index in [0.29, 0.717) is 37.5 Å². The molecule has 0 radical (unpaired) electrons. The number of carbonyl (C=O) groups excluding carboxylic acids is 1. The van der Waals surface area contributed by atoms with Gasteiger partial charge in [-0.3, -0.25) is 9.36 Å². The number of nitrogens with zero attached hydrogens (tertiary/aromatic N) is 2. The van der Waals surface area contributed by atoms with Gasteiger partial charge in [0.25, 0.3) is 5.56 Å². The minimum Gasteiger partial charge on any atom is -0.493 e. The quantitative estimate of drug-likeness (QED) is 0.172. The van der Waals surface area contributed by atoms with Crippen molar-refractivity contribution in [3.05, 3.63) is 142 Å². The van der Waals surface area contributed by atoms with Gasteiger partial charge in [-0.25, -0.2) is 14.2 Å². The Morgan fingerprint density at radius 2 is 1.87 bits per heavy atom. The normalized spacial score (nSPS) is 14.6. The van der Waals surface area contributed by atoms with Crippen LogP contribution in [-0.4, -0.2) is 24.3 Å². The van der Waals surface area contributed by atoms with Gasteiger partial charge >= 0.3 is 5.97 Å². The van der Waals surface area contributed by atoms with E-state index in [-0.39, 0.29) is 35.4 Å². The van der Waals surface area contributed by atoms with Crippen molar-refractivity contribution in [2.75, 3.05) is 13.7 Å². The van der Waals surface area contributed by atoms with Crippen molar-refractivity contribution in [1.29, 1.82) is 0 Å². The molecule has 0 fully saturated rings. The fourth-order valence-corrected chi connectivity index (χ4v) is 7.13. The molecule has 5 aromatic rings. The van der Waals surface area contributed by atoms with Crippen LogP contribution < -0.4 is 24.4 Å². The molecule has 3 heterocycles. The maximum absolute atomic E-state index is 14.1. The second-order valence-electron chi connectivity index (χ2n) is 9.86. The highest BCUT2D eigenvalue weighted by Gasteiger charge is 2.35. The van der Waals surface area contributed by atoms with Crippen molar-refractivity contribution in [2.45, 2.75) is 19.6 Å². The zero-order valence-corrected chi connectivity index (χ0v) is 26.5. The number of esters is 1. The Labute approximate surface area is 270 Å². The fourth-order valence-electron chi connectivity index (χ4n) is 5.04. The molecule has 7 nitrogen and oxygen atoms in total. The van der Waals surface area contributed by atoms with Crippen LogP contribution in [0.2, 0.25) is 5.02 Å². The summed E-state index contributed by atoms with van der Waals surface area (Å²) < 4.78 is 33.0. The highest BCUT2D eigenvalue weighted by molar-refractivity contribution is 7.10. The minimum absolute atomic E-state index is 0.0457. The van der Waals surface area contributed by atoms with Crippen LogP contribution >= 0.6 is 34.3 Å². The largest absolute Gasteiger partial charge is 0.493 e. The highest BCUT2D eigenvalue weighted by Crippen LogP contribution is 2.38. The molecule has 1 aliphatic rings. The number of halogens is 2. The zero-order chi connectivity index (χ0) is 31.5. The number of thiophene rings is 1. The molecule has 3 aromatic carbocycles. The van der Waals surface area contributed by atoms with E-state index < -0.39 is 12.0 Å². The van der Waals surface area contributed by atoms with Gasteiger partial charge in [-0.15, -0.1) is 11.3 Å². The Hall–Kier alpha value is -4.51. The third-order valence-electron chi connectivity index (χ3n) is 7.07. The highest BCUT2D eigenvalue weighted by atomic mass is 35.5.